The van der Waals surface area contributed by atoms with Crippen LogP contribution in [0.5, 0.6) is 0 Å². The number of benzene rings is 1. The van der Waals surface area contributed by atoms with E-state index in [0.717, 1.165) is 18.6 Å². The number of nitrogens with zero attached hydrogens (tertiary/aromatic N) is 1. The minimum Gasteiger partial charge on any atom is -0.773 e. The molecule has 0 spiro atoms. The van der Waals surface area contributed by atoms with E-state index in [1.807, 2.05) is 0 Å². The van der Waals surface area contributed by atoms with Gasteiger partial charge in [0.1, 0.15) is 4.90 Å². The molecule has 0 aromatic heterocycles. The second-order valence-corrected chi connectivity index (χ2v) is 5.69. The van der Waals surface area contributed by atoms with Crippen molar-refractivity contribution in [2.75, 3.05) is 12.5 Å². The van der Waals surface area contributed by atoms with Crippen molar-refractivity contribution in [2.24, 2.45) is 0 Å². The third-order valence-corrected chi connectivity index (χ3v) is 2.61. The Bertz CT molecular complexity index is 526. The Kier molecular flexibility index (Phi) is 9.70. The summed E-state index contributed by atoms with van der Waals surface area (Å²) in [5.74, 6) is 0. The third kappa shape index (κ3) is 7.90. The molecule has 1 aromatic carbocycles. The summed E-state index contributed by atoms with van der Waals surface area (Å²) in [5, 5.41) is 10.4. The van der Waals surface area contributed by atoms with Crippen molar-refractivity contribution in [3.8, 4) is 0 Å². The number of rotatable bonds is 2. The molecule has 0 bridgehead atoms. The summed E-state index contributed by atoms with van der Waals surface area (Å²) in [6.07, 6.45) is 2.02. The summed E-state index contributed by atoms with van der Waals surface area (Å²) in [6, 6.07) is 5.25. The van der Waals surface area contributed by atoms with Crippen molar-refractivity contribution in [1.29, 1.82) is 0 Å². The molecule has 7 nitrogen and oxygen atoms in total. The molecule has 0 radical (unpaired) electrons. The minimum absolute atomic E-state index is 0. The molecule has 1 aromatic rings. The molecule has 96 valence electrons. The topological polar surface area (TPSA) is 117 Å². The molecule has 0 aliphatic rings. The Morgan fingerprint density at radius 1 is 1.28 bits per heavy atom. The van der Waals surface area contributed by atoms with E-state index in [4.69, 9.17) is 8.76 Å². The van der Waals surface area contributed by atoms with Crippen molar-refractivity contribution < 1.29 is 51.7 Å². The Balaban J connectivity index is 0. The first-order valence-corrected chi connectivity index (χ1v) is 7.48. The van der Waals surface area contributed by atoms with Crippen molar-refractivity contribution in [1.82, 2.24) is 0 Å². The van der Waals surface area contributed by atoms with Crippen molar-refractivity contribution in [3.05, 3.63) is 34.4 Å². The zero-order chi connectivity index (χ0) is 13.6. The van der Waals surface area contributed by atoms with Crippen LogP contribution in [0.15, 0.2) is 29.2 Å². The Hall–Kier alpha value is -0.320. The summed E-state index contributed by atoms with van der Waals surface area (Å²) in [7, 11) is -3.52. The zero-order valence-corrected chi connectivity index (χ0v) is 13.7. The average Bonchev–Trinajstić information content (AvgIpc) is 2.15. The van der Waals surface area contributed by atoms with Gasteiger partial charge in [-0.05, 0) is 12.3 Å². The van der Waals surface area contributed by atoms with Gasteiger partial charge in [0.05, 0.1) is 4.92 Å². The Morgan fingerprint density at radius 2 is 1.67 bits per heavy atom. The number of hydrogen-bond acceptors (Lipinski definition) is 6. The Morgan fingerprint density at radius 3 is 1.94 bits per heavy atom. The molecular formula is C8H10NNaO6S2. The normalized spacial score (nSPS) is 11.5. The van der Waals surface area contributed by atoms with Crippen LogP contribution >= 0.6 is 0 Å². The molecule has 10 heteroatoms. The van der Waals surface area contributed by atoms with Gasteiger partial charge in [0.2, 0.25) is 0 Å². The van der Waals surface area contributed by atoms with Gasteiger partial charge < -0.3 is 4.55 Å². The Labute approximate surface area is 129 Å². The van der Waals surface area contributed by atoms with Crippen LogP contribution in [0.4, 0.5) is 5.69 Å². The van der Waals surface area contributed by atoms with Crippen LogP contribution in [0.1, 0.15) is 0 Å². The van der Waals surface area contributed by atoms with E-state index >= 15 is 0 Å². The summed E-state index contributed by atoms with van der Waals surface area (Å²) < 4.78 is 40.1. The number of nitro groups is 1. The van der Waals surface area contributed by atoms with Crippen molar-refractivity contribution in [2.45, 2.75) is 4.90 Å². The minimum atomic E-state index is -3.52. The summed E-state index contributed by atoms with van der Waals surface area (Å²) >= 11 is -1.86. The van der Waals surface area contributed by atoms with Crippen LogP contribution < -0.4 is 29.6 Å². The zero-order valence-electron chi connectivity index (χ0n) is 10.0. The van der Waals surface area contributed by atoms with E-state index in [2.05, 4.69) is 0 Å². The fraction of sp³-hybridized carbons (Fsp3) is 0.250. The second-order valence-electron chi connectivity index (χ2n) is 2.90. The maximum Gasteiger partial charge on any atom is 1.00 e. The maximum atomic E-state index is 11.1. The molecule has 0 saturated carbocycles. The summed E-state index contributed by atoms with van der Waals surface area (Å²) in [4.78, 5) is 9.45. The first-order valence-electron chi connectivity index (χ1n) is 4.10. The molecule has 0 N–H and O–H groups in total. The standard InChI is InChI=1S/C7H7NO4S.CH4O2S.Na/c1-13(11,12)7-5-3-2-4-6(7)8(9)10;1-4(2)3;/h2-5H,1H3;1H3,(H,2,3);/q;;+1/p-1. The van der Waals surface area contributed by atoms with E-state index < -0.39 is 25.8 Å². The van der Waals surface area contributed by atoms with Crippen molar-refractivity contribution in [3.63, 3.8) is 0 Å². The van der Waals surface area contributed by atoms with Gasteiger partial charge >= 0.3 is 29.6 Å². The van der Waals surface area contributed by atoms with Crippen LogP contribution in [-0.2, 0) is 20.9 Å². The SMILES string of the molecule is CS(=O)(=O)c1ccccc1[N+](=O)[O-].CS(=O)[O-].[Na+]. The molecular weight excluding hydrogens is 293 g/mol. The summed E-state index contributed by atoms with van der Waals surface area (Å²) in [6.45, 7) is 0. The van der Waals surface area contributed by atoms with Gasteiger partial charge in [-0.1, -0.05) is 23.2 Å². The number of hydrogen-bond donors (Lipinski definition) is 0. The van der Waals surface area contributed by atoms with Crippen LogP contribution in [0, 0.1) is 10.1 Å². The van der Waals surface area contributed by atoms with Gasteiger partial charge in [-0.25, -0.2) is 8.42 Å². The smallest absolute Gasteiger partial charge is 0.773 e. The molecule has 0 saturated heterocycles. The monoisotopic (exact) mass is 303 g/mol. The summed E-state index contributed by atoms with van der Waals surface area (Å²) in [5.41, 5.74) is -0.384. The number of sulfone groups is 1. The molecule has 0 aliphatic heterocycles. The predicted molar refractivity (Wildman–Crippen MR) is 61.1 cm³/mol. The van der Waals surface area contributed by atoms with Gasteiger partial charge in [0.15, 0.2) is 9.84 Å². The molecule has 0 amide bonds. The first-order chi connectivity index (χ1) is 7.66. The van der Waals surface area contributed by atoms with Gasteiger partial charge in [-0.2, -0.15) is 0 Å². The van der Waals surface area contributed by atoms with E-state index in [1.54, 1.807) is 0 Å². The third-order valence-electron chi connectivity index (χ3n) is 1.46. The van der Waals surface area contributed by atoms with E-state index in [9.17, 15) is 18.5 Å². The molecule has 18 heavy (non-hydrogen) atoms. The van der Waals surface area contributed by atoms with Crippen molar-refractivity contribution >= 4 is 26.6 Å². The van der Waals surface area contributed by atoms with E-state index in [1.165, 1.54) is 18.2 Å². The fourth-order valence-corrected chi connectivity index (χ4v) is 1.77. The van der Waals surface area contributed by atoms with Gasteiger partial charge in [-0.3, -0.25) is 14.3 Å². The molecule has 0 aliphatic carbocycles. The van der Waals surface area contributed by atoms with Crippen LogP contribution in [0.2, 0.25) is 0 Å². The van der Waals surface area contributed by atoms with E-state index in [0.29, 0.717) is 0 Å². The van der Waals surface area contributed by atoms with Gasteiger partial charge in [0, 0.05) is 12.3 Å². The molecule has 1 unspecified atom stereocenters. The molecule has 0 fully saturated rings. The number of para-hydroxylation sites is 1. The maximum absolute atomic E-state index is 11.1. The van der Waals surface area contributed by atoms with Crippen LogP contribution in [0.3, 0.4) is 0 Å². The predicted octanol–water partition coefficient (Wildman–Crippen LogP) is -2.50. The van der Waals surface area contributed by atoms with Gasteiger partial charge in [0.25, 0.3) is 5.69 Å². The molecule has 1 rings (SSSR count). The van der Waals surface area contributed by atoms with Gasteiger partial charge in [-0.15, -0.1) is 0 Å². The van der Waals surface area contributed by atoms with Crippen LogP contribution in [-0.4, -0.2) is 34.6 Å². The first kappa shape index (κ1) is 20.0. The average molecular weight is 303 g/mol. The second kappa shape index (κ2) is 8.73. The molecule has 0 heterocycles. The number of nitro benzene ring substituents is 1. The van der Waals surface area contributed by atoms with Crippen LogP contribution in [0.25, 0.3) is 0 Å². The largest absolute Gasteiger partial charge is 1.00 e. The quantitative estimate of drug-likeness (QED) is 0.258. The fourth-order valence-electron chi connectivity index (χ4n) is 0.922. The molecule has 1 atom stereocenters. The van der Waals surface area contributed by atoms with E-state index in [-0.39, 0.29) is 40.1 Å².